The maximum Gasteiger partial charge on any atom is 0.237 e. The molecule has 0 atom stereocenters. The first kappa shape index (κ1) is 7.03. The number of hydrogen-bond acceptors (Lipinski definition) is 3. The molecule has 13 heavy (non-hydrogen) atoms. The summed E-state index contributed by atoms with van der Waals surface area (Å²) in [6.07, 6.45) is 3.48. The molecule has 1 aromatic rings. The fraction of sp³-hybridized carbons (Fsp3) is 0.333. The van der Waals surface area contributed by atoms with Crippen LogP contribution in [0.4, 0.5) is 5.69 Å². The van der Waals surface area contributed by atoms with Gasteiger partial charge in [-0.15, -0.1) is 0 Å². The number of hydrogen-bond donors (Lipinski definition) is 2. The van der Waals surface area contributed by atoms with E-state index in [9.17, 15) is 4.79 Å². The number of pyridine rings is 1. The van der Waals surface area contributed by atoms with Crippen LogP contribution in [0.2, 0.25) is 0 Å². The molecule has 0 saturated carbocycles. The number of carbonyl (C=O) groups excluding carboxylic acids is 1. The van der Waals surface area contributed by atoms with Gasteiger partial charge < -0.3 is 10.6 Å². The highest BCUT2D eigenvalue weighted by Gasteiger charge is 2.51. The molecule has 4 heteroatoms. The molecule has 2 aliphatic heterocycles. The molecule has 0 aromatic carbocycles. The minimum absolute atomic E-state index is 0.106. The Morgan fingerprint density at radius 1 is 1.46 bits per heavy atom. The Bertz CT molecular complexity index is 384. The zero-order chi connectivity index (χ0) is 8.89. The third-order valence-corrected chi connectivity index (χ3v) is 2.87. The lowest BCUT2D eigenvalue weighted by Crippen LogP contribution is -2.60. The van der Waals surface area contributed by atoms with Gasteiger partial charge in [-0.2, -0.15) is 0 Å². The summed E-state index contributed by atoms with van der Waals surface area (Å²) in [5.74, 6) is 0.106. The summed E-state index contributed by atoms with van der Waals surface area (Å²) < 4.78 is 0. The molecule has 2 N–H and O–H groups in total. The van der Waals surface area contributed by atoms with Crippen molar-refractivity contribution in [3.8, 4) is 0 Å². The second-order valence-electron chi connectivity index (χ2n) is 3.56. The van der Waals surface area contributed by atoms with Crippen molar-refractivity contribution < 1.29 is 4.79 Å². The van der Waals surface area contributed by atoms with Crippen LogP contribution in [0.25, 0.3) is 0 Å². The predicted octanol–water partition coefficient (Wildman–Crippen LogP) is -0.125. The highest BCUT2D eigenvalue weighted by atomic mass is 16.2. The molecule has 2 aliphatic rings. The molecule has 0 bridgehead atoms. The van der Waals surface area contributed by atoms with Crippen molar-refractivity contribution in [2.75, 3.05) is 18.4 Å². The van der Waals surface area contributed by atoms with Crippen molar-refractivity contribution >= 4 is 11.6 Å². The van der Waals surface area contributed by atoms with Crippen LogP contribution in [0, 0.1) is 0 Å². The first-order chi connectivity index (χ1) is 6.33. The van der Waals surface area contributed by atoms with Crippen LogP contribution < -0.4 is 10.6 Å². The van der Waals surface area contributed by atoms with Crippen LogP contribution in [0.15, 0.2) is 18.5 Å². The summed E-state index contributed by atoms with van der Waals surface area (Å²) in [6.45, 7) is 1.47. The number of anilines is 1. The molecule has 1 aromatic heterocycles. The van der Waals surface area contributed by atoms with E-state index in [1.807, 2.05) is 6.07 Å². The molecule has 4 nitrogen and oxygen atoms in total. The van der Waals surface area contributed by atoms with Gasteiger partial charge in [0.2, 0.25) is 5.91 Å². The number of nitrogens with zero attached hydrogens (tertiary/aromatic N) is 1. The average Bonchev–Trinajstić information content (AvgIpc) is 2.35. The van der Waals surface area contributed by atoms with Gasteiger partial charge in [-0.1, -0.05) is 0 Å². The Hall–Kier alpha value is -1.42. The van der Waals surface area contributed by atoms with Crippen LogP contribution in [-0.2, 0) is 10.2 Å². The van der Waals surface area contributed by atoms with Gasteiger partial charge >= 0.3 is 0 Å². The van der Waals surface area contributed by atoms with E-state index >= 15 is 0 Å². The lowest BCUT2D eigenvalue weighted by Gasteiger charge is -2.36. The SMILES string of the molecule is O=C1Nc2ccncc2C12CNC2. The standard InChI is InChI=1S/C9H9N3O/c13-8-9(4-11-5-9)6-3-10-2-1-7(6)12-8/h1-3,11H,4-5H2,(H,12,13). The third-order valence-electron chi connectivity index (χ3n) is 2.87. The van der Waals surface area contributed by atoms with E-state index < -0.39 is 0 Å². The molecule has 0 aliphatic carbocycles. The van der Waals surface area contributed by atoms with Gasteiger partial charge in [0, 0.05) is 36.7 Å². The first-order valence-electron chi connectivity index (χ1n) is 4.30. The maximum absolute atomic E-state index is 11.7. The second-order valence-corrected chi connectivity index (χ2v) is 3.56. The van der Waals surface area contributed by atoms with Crippen LogP contribution in [0.3, 0.4) is 0 Å². The third kappa shape index (κ3) is 0.691. The summed E-state index contributed by atoms with van der Waals surface area (Å²) in [6, 6.07) is 1.85. The number of aromatic nitrogens is 1. The molecule has 1 fully saturated rings. The van der Waals surface area contributed by atoms with Crippen molar-refractivity contribution in [3.63, 3.8) is 0 Å². The Morgan fingerprint density at radius 3 is 3.00 bits per heavy atom. The minimum atomic E-state index is -0.316. The summed E-state index contributed by atoms with van der Waals surface area (Å²) in [7, 11) is 0. The van der Waals surface area contributed by atoms with Gasteiger partial charge in [0.25, 0.3) is 0 Å². The van der Waals surface area contributed by atoms with E-state index in [-0.39, 0.29) is 11.3 Å². The monoisotopic (exact) mass is 175 g/mol. The summed E-state index contributed by atoms with van der Waals surface area (Å²) in [4.78, 5) is 15.7. The lowest BCUT2D eigenvalue weighted by molar-refractivity contribution is -0.122. The molecule has 3 rings (SSSR count). The first-order valence-corrected chi connectivity index (χ1v) is 4.30. The van der Waals surface area contributed by atoms with Crippen LogP contribution >= 0.6 is 0 Å². The minimum Gasteiger partial charge on any atom is -0.325 e. The molecule has 1 amide bonds. The number of nitrogens with one attached hydrogen (secondary N) is 2. The fourth-order valence-electron chi connectivity index (χ4n) is 1.98. The Balaban J connectivity index is 2.20. The fourth-order valence-corrected chi connectivity index (χ4v) is 1.98. The lowest BCUT2D eigenvalue weighted by atomic mass is 9.77. The van der Waals surface area contributed by atoms with Gasteiger partial charge in [0.15, 0.2) is 0 Å². The Labute approximate surface area is 75.4 Å². The van der Waals surface area contributed by atoms with Crippen molar-refractivity contribution in [1.29, 1.82) is 0 Å². The average molecular weight is 175 g/mol. The van der Waals surface area contributed by atoms with Crippen LogP contribution in [-0.4, -0.2) is 24.0 Å². The van der Waals surface area contributed by atoms with Crippen LogP contribution in [0.5, 0.6) is 0 Å². The van der Waals surface area contributed by atoms with Crippen molar-refractivity contribution in [1.82, 2.24) is 10.3 Å². The van der Waals surface area contributed by atoms with E-state index in [2.05, 4.69) is 15.6 Å². The molecule has 0 unspecified atom stereocenters. The van der Waals surface area contributed by atoms with Crippen molar-refractivity contribution in [2.45, 2.75) is 5.41 Å². The Kier molecular flexibility index (Phi) is 1.13. The zero-order valence-electron chi connectivity index (χ0n) is 7.00. The second kappa shape index (κ2) is 2.09. The Morgan fingerprint density at radius 2 is 2.31 bits per heavy atom. The molecule has 1 spiro atoms. The molecular formula is C9H9N3O. The molecule has 66 valence electrons. The topological polar surface area (TPSA) is 54.0 Å². The van der Waals surface area contributed by atoms with Crippen molar-refractivity contribution in [3.05, 3.63) is 24.0 Å². The van der Waals surface area contributed by atoms with Crippen molar-refractivity contribution in [2.24, 2.45) is 0 Å². The largest absolute Gasteiger partial charge is 0.325 e. The van der Waals surface area contributed by atoms with E-state index in [1.165, 1.54) is 0 Å². The predicted molar refractivity (Wildman–Crippen MR) is 47.4 cm³/mol. The van der Waals surface area contributed by atoms with Gasteiger partial charge in [-0.25, -0.2) is 0 Å². The van der Waals surface area contributed by atoms with Gasteiger partial charge in [-0.3, -0.25) is 9.78 Å². The molecule has 0 radical (unpaired) electrons. The van der Waals surface area contributed by atoms with E-state index in [0.29, 0.717) is 0 Å². The normalized spacial score (nSPS) is 22.3. The number of carbonyl (C=O) groups is 1. The zero-order valence-corrected chi connectivity index (χ0v) is 7.00. The number of amides is 1. The molecular weight excluding hydrogens is 166 g/mol. The van der Waals surface area contributed by atoms with E-state index in [0.717, 1.165) is 24.3 Å². The van der Waals surface area contributed by atoms with Gasteiger partial charge in [0.05, 0.1) is 0 Å². The summed E-state index contributed by atoms with van der Waals surface area (Å²) >= 11 is 0. The van der Waals surface area contributed by atoms with E-state index in [4.69, 9.17) is 0 Å². The van der Waals surface area contributed by atoms with E-state index in [1.54, 1.807) is 12.4 Å². The van der Waals surface area contributed by atoms with Gasteiger partial charge in [0.1, 0.15) is 5.41 Å². The maximum atomic E-state index is 11.7. The van der Waals surface area contributed by atoms with Crippen LogP contribution in [0.1, 0.15) is 5.56 Å². The highest BCUT2D eigenvalue weighted by molar-refractivity contribution is 6.07. The summed E-state index contributed by atoms with van der Waals surface area (Å²) in [5.41, 5.74) is 1.64. The smallest absolute Gasteiger partial charge is 0.237 e. The molecule has 3 heterocycles. The molecule has 1 saturated heterocycles. The highest BCUT2D eigenvalue weighted by Crippen LogP contribution is 2.39. The number of fused-ring (bicyclic) bond motifs is 2. The number of rotatable bonds is 0. The summed E-state index contributed by atoms with van der Waals surface area (Å²) in [5, 5.41) is 6.00. The van der Waals surface area contributed by atoms with Gasteiger partial charge in [-0.05, 0) is 6.07 Å². The quantitative estimate of drug-likeness (QED) is 0.577.